The molecule has 134 valence electrons. The van der Waals surface area contributed by atoms with Gasteiger partial charge in [-0.1, -0.05) is 17.7 Å². The molecule has 3 rings (SSSR count). The van der Waals surface area contributed by atoms with E-state index in [1.165, 1.54) is 10.4 Å². The average molecular weight is 381 g/mol. The fraction of sp³-hybridized carbons (Fsp3) is 0.333. The van der Waals surface area contributed by atoms with E-state index in [0.717, 1.165) is 17.0 Å². The first-order valence-corrected chi connectivity index (χ1v) is 9.89. The first kappa shape index (κ1) is 18.0. The Balaban J connectivity index is 1.71. The highest BCUT2D eigenvalue weighted by molar-refractivity contribution is 7.89. The van der Waals surface area contributed by atoms with Gasteiger partial charge in [0.15, 0.2) is 0 Å². The molecule has 0 aromatic heterocycles. The third-order valence-corrected chi connectivity index (χ3v) is 6.76. The Labute approximate surface area is 153 Å². The summed E-state index contributed by atoms with van der Waals surface area (Å²) in [5.74, 6) is 0.807. The quantitative estimate of drug-likeness (QED) is 0.817. The zero-order valence-corrected chi connectivity index (χ0v) is 15.8. The predicted molar refractivity (Wildman–Crippen MR) is 100 cm³/mol. The molecule has 0 aliphatic carbocycles. The number of benzene rings is 2. The Hall–Kier alpha value is -1.76. The molecule has 7 heteroatoms. The summed E-state index contributed by atoms with van der Waals surface area (Å²) in [6, 6.07) is 12.7. The van der Waals surface area contributed by atoms with E-state index in [2.05, 4.69) is 4.90 Å². The number of anilines is 1. The molecular formula is C18H21ClN2O3S. The van der Waals surface area contributed by atoms with Gasteiger partial charge in [0, 0.05) is 36.9 Å². The van der Waals surface area contributed by atoms with Crippen LogP contribution in [0.3, 0.4) is 0 Å². The zero-order chi connectivity index (χ0) is 18.0. The summed E-state index contributed by atoms with van der Waals surface area (Å²) in [7, 11) is -1.88. The van der Waals surface area contributed by atoms with Crippen molar-refractivity contribution in [3.63, 3.8) is 0 Å². The van der Waals surface area contributed by atoms with E-state index in [9.17, 15) is 8.42 Å². The molecule has 0 amide bonds. The maximum atomic E-state index is 12.8. The first-order valence-electron chi connectivity index (χ1n) is 8.07. The standard InChI is InChI=1S/C18H21ClN2O3S/c1-14-3-8-17(13-18(14)19)25(22,23)21-11-9-20(10-12-21)15-4-6-16(24-2)7-5-15/h3-8,13H,9-12H2,1-2H3. The maximum absolute atomic E-state index is 12.8. The third-order valence-electron chi connectivity index (χ3n) is 4.46. The first-order chi connectivity index (χ1) is 11.9. The Kier molecular flexibility index (Phi) is 5.22. The van der Waals surface area contributed by atoms with Crippen LogP contribution in [0.1, 0.15) is 5.56 Å². The molecule has 0 saturated carbocycles. The van der Waals surface area contributed by atoms with E-state index in [4.69, 9.17) is 16.3 Å². The number of aryl methyl sites for hydroxylation is 1. The van der Waals surface area contributed by atoms with Crippen molar-refractivity contribution in [2.45, 2.75) is 11.8 Å². The van der Waals surface area contributed by atoms with E-state index in [-0.39, 0.29) is 4.90 Å². The summed E-state index contributed by atoms with van der Waals surface area (Å²) in [5.41, 5.74) is 1.93. The Morgan fingerprint density at radius 2 is 1.64 bits per heavy atom. The Bertz CT molecular complexity index is 845. The van der Waals surface area contributed by atoms with Crippen LogP contribution >= 0.6 is 11.6 Å². The van der Waals surface area contributed by atoms with Crippen LogP contribution in [0.4, 0.5) is 5.69 Å². The van der Waals surface area contributed by atoms with Gasteiger partial charge in [0.1, 0.15) is 5.75 Å². The second kappa shape index (κ2) is 7.23. The zero-order valence-electron chi connectivity index (χ0n) is 14.3. The highest BCUT2D eigenvalue weighted by atomic mass is 35.5. The van der Waals surface area contributed by atoms with Crippen LogP contribution in [0, 0.1) is 6.92 Å². The molecule has 0 atom stereocenters. The lowest BCUT2D eigenvalue weighted by atomic mass is 10.2. The number of hydrogen-bond donors (Lipinski definition) is 0. The minimum atomic E-state index is -3.52. The molecule has 1 aliphatic heterocycles. The lowest BCUT2D eigenvalue weighted by molar-refractivity contribution is 0.384. The van der Waals surface area contributed by atoms with E-state index < -0.39 is 10.0 Å². The van der Waals surface area contributed by atoms with Gasteiger partial charge in [-0.15, -0.1) is 0 Å². The normalized spacial score (nSPS) is 16.0. The van der Waals surface area contributed by atoms with Crippen LogP contribution < -0.4 is 9.64 Å². The van der Waals surface area contributed by atoms with E-state index >= 15 is 0 Å². The number of halogens is 1. The van der Waals surface area contributed by atoms with E-state index in [1.807, 2.05) is 31.2 Å². The summed E-state index contributed by atoms with van der Waals surface area (Å²) in [6.45, 7) is 4.03. The monoisotopic (exact) mass is 380 g/mol. The smallest absolute Gasteiger partial charge is 0.243 e. The van der Waals surface area contributed by atoms with E-state index in [1.54, 1.807) is 19.2 Å². The van der Waals surface area contributed by atoms with Gasteiger partial charge in [-0.05, 0) is 48.9 Å². The van der Waals surface area contributed by atoms with Crippen LogP contribution in [0.25, 0.3) is 0 Å². The topological polar surface area (TPSA) is 49.9 Å². The summed E-state index contributed by atoms with van der Waals surface area (Å²) in [4.78, 5) is 2.43. The molecule has 1 aliphatic rings. The van der Waals surface area contributed by atoms with Gasteiger partial charge in [-0.25, -0.2) is 8.42 Å². The van der Waals surface area contributed by atoms with Crippen molar-refractivity contribution in [3.05, 3.63) is 53.1 Å². The van der Waals surface area contributed by atoms with Crippen molar-refractivity contribution in [2.75, 3.05) is 38.2 Å². The Morgan fingerprint density at radius 1 is 1.00 bits per heavy atom. The minimum absolute atomic E-state index is 0.251. The van der Waals surface area contributed by atoms with Crippen LogP contribution in [-0.2, 0) is 10.0 Å². The molecule has 25 heavy (non-hydrogen) atoms. The molecule has 0 unspecified atom stereocenters. The van der Waals surface area contributed by atoms with Gasteiger partial charge in [0.25, 0.3) is 0 Å². The van der Waals surface area contributed by atoms with Gasteiger partial charge >= 0.3 is 0 Å². The van der Waals surface area contributed by atoms with Gasteiger partial charge in [0.2, 0.25) is 10.0 Å². The fourth-order valence-corrected chi connectivity index (χ4v) is 4.56. The van der Waals surface area contributed by atoms with Crippen molar-refractivity contribution in [3.8, 4) is 5.75 Å². The molecular weight excluding hydrogens is 360 g/mol. The number of ether oxygens (including phenoxy) is 1. The lowest BCUT2D eigenvalue weighted by Gasteiger charge is -2.35. The number of sulfonamides is 1. The molecule has 0 N–H and O–H groups in total. The van der Waals surface area contributed by atoms with E-state index in [0.29, 0.717) is 31.2 Å². The average Bonchev–Trinajstić information content (AvgIpc) is 2.64. The molecule has 1 fully saturated rings. The molecule has 0 bridgehead atoms. The largest absolute Gasteiger partial charge is 0.497 e. The summed E-state index contributed by atoms with van der Waals surface area (Å²) in [6.07, 6.45) is 0. The molecule has 1 saturated heterocycles. The fourth-order valence-electron chi connectivity index (χ4n) is 2.86. The maximum Gasteiger partial charge on any atom is 0.243 e. The third kappa shape index (κ3) is 3.76. The van der Waals surface area contributed by atoms with Crippen molar-refractivity contribution in [1.82, 2.24) is 4.31 Å². The summed E-state index contributed by atoms with van der Waals surface area (Å²) in [5, 5.41) is 0.470. The molecule has 5 nitrogen and oxygen atoms in total. The summed E-state index contributed by atoms with van der Waals surface area (Å²) < 4.78 is 32.3. The number of methoxy groups -OCH3 is 1. The van der Waals surface area contributed by atoms with Crippen molar-refractivity contribution in [1.29, 1.82) is 0 Å². The van der Waals surface area contributed by atoms with Crippen LogP contribution in [0.15, 0.2) is 47.4 Å². The van der Waals surface area contributed by atoms with Gasteiger partial charge in [0.05, 0.1) is 12.0 Å². The van der Waals surface area contributed by atoms with Crippen LogP contribution in [0.5, 0.6) is 5.75 Å². The van der Waals surface area contributed by atoms with Crippen molar-refractivity contribution in [2.24, 2.45) is 0 Å². The summed E-state index contributed by atoms with van der Waals surface area (Å²) >= 11 is 6.09. The molecule has 0 radical (unpaired) electrons. The highest BCUT2D eigenvalue weighted by Crippen LogP contribution is 2.25. The lowest BCUT2D eigenvalue weighted by Crippen LogP contribution is -2.48. The van der Waals surface area contributed by atoms with Crippen LogP contribution in [0.2, 0.25) is 5.02 Å². The molecule has 2 aromatic carbocycles. The SMILES string of the molecule is COc1ccc(N2CCN(S(=O)(=O)c3ccc(C)c(Cl)c3)CC2)cc1. The molecule has 1 heterocycles. The van der Waals surface area contributed by atoms with Crippen molar-refractivity contribution >= 4 is 27.3 Å². The minimum Gasteiger partial charge on any atom is -0.497 e. The van der Waals surface area contributed by atoms with Gasteiger partial charge in [-0.3, -0.25) is 0 Å². The highest BCUT2D eigenvalue weighted by Gasteiger charge is 2.28. The number of hydrogen-bond acceptors (Lipinski definition) is 4. The number of piperazine rings is 1. The van der Waals surface area contributed by atoms with Crippen LogP contribution in [-0.4, -0.2) is 46.0 Å². The van der Waals surface area contributed by atoms with Gasteiger partial charge in [-0.2, -0.15) is 4.31 Å². The second-order valence-corrected chi connectivity index (χ2v) is 8.35. The Morgan fingerprint density at radius 3 is 2.20 bits per heavy atom. The molecule has 2 aromatic rings. The molecule has 0 spiro atoms. The number of nitrogens with zero attached hydrogens (tertiary/aromatic N) is 2. The van der Waals surface area contributed by atoms with Crippen molar-refractivity contribution < 1.29 is 13.2 Å². The predicted octanol–water partition coefficient (Wildman–Crippen LogP) is 3.17. The second-order valence-electron chi connectivity index (χ2n) is 6.00. The number of rotatable bonds is 4. The van der Waals surface area contributed by atoms with Gasteiger partial charge < -0.3 is 9.64 Å².